The molecule has 0 bridgehead atoms. The van der Waals surface area contributed by atoms with Crippen molar-refractivity contribution < 1.29 is 24.3 Å². The summed E-state index contributed by atoms with van der Waals surface area (Å²) in [6.07, 6.45) is 0.0974. The third-order valence-corrected chi connectivity index (χ3v) is 4.28. The minimum atomic E-state index is -1.07. The number of ether oxygens (including phenoxy) is 1. The largest absolute Gasteiger partial charge is 0.390 e. The van der Waals surface area contributed by atoms with Crippen LogP contribution < -0.4 is 5.32 Å². The Morgan fingerprint density at radius 1 is 1.48 bits per heavy atom. The molecule has 2 aromatic rings. The molecule has 2 heterocycles. The highest BCUT2D eigenvalue weighted by Crippen LogP contribution is 2.28. The van der Waals surface area contributed by atoms with Crippen molar-refractivity contribution in [2.75, 3.05) is 7.11 Å². The average Bonchev–Trinajstić information content (AvgIpc) is 3.26. The van der Waals surface area contributed by atoms with Gasteiger partial charge in [-0.25, -0.2) is 0 Å². The molecule has 1 saturated carbocycles. The summed E-state index contributed by atoms with van der Waals surface area (Å²) >= 11 is 0. The van der Waals surface area contributed by atoms with Crippen LogP contribution in [0.5, 0.6) is 0 Å². The first-order valence-corrected chi connectivity index (χ1v) is 7.96. The molecule has 3 rings (SSSR count). The highest BCUT2D eigenvalue weighted by Gasteiger charge is 2.42. The molecule has 10 nitrogen and oxygen atoms in total. The van der Waals surface area contributed by atoms with Crippen LogP contribution in [-0.2, 0) is 17.9 Å². The Bertz CT molecular complexity index is 729. The topological polar surface area (TPSA) is 136 Å². The summed E-state index contributed by atoms with van der Waals surface area (Å²) < 4.78 is 11.5. The molecule has 3 N–H and O–H groups in total. The number of nitrogens with one attached hydrogen (secondary N) is 1. The molecule has 1 amide bonds. The molecule has 1 aliphatic carbocycles. The first kappa shape index (κ1) is 17.5. The molecule has 1 fully saturated rings. The Balaban J connectivity index is 1.61. The van der Waals surface area contributed by atoms with Crippen LogP contribution in [0.25, 0.3) is 0 Å². The summed E-state index contributed by atoms with van der Waals surface area (Å²) in [6.45, 7) is 2.42. The second-order valence-electron chi connectivity index (χ2n) is 6.24. The molecule has 4 unspecified atom stereocenters. The van der Waals surface area contributed by atoms with Gasteiger partial charge >= 0.3 is 0 Å². The van der Waals surface area contributed by atoms with Crippen molar-refractivity contribution in [3.63, 3.8) is 0 Å². The average molecular weight is 351 g/mol. The van der Waals surface area contributed by atoms with Gasteiger partial charge in [-0.3, -0.25) is 9.48 Å². The van der Waals surface area contributed by atoms with Crippen molar-refractivity contribution in [3.05, 3.63) is 29.4 Å². The van der Waals surface area contributed by atoms with Gasteiger partial charge in [-0.1, -0.05) is 10.4 Å². The van der Waals surface area contributed by atoms with Crippen molar-refractivity contribution in [1.29, 1.82) is 0 Å². The molecule has 0 radical (unpaired) electrons. The van der Waals surface area contributed by atoms with E-state index in [0.717, 1.165) is 0 Å². The predicted molar refractivity (Wildman–Crippen MR) is 83.3 cm³/mol. The number of rotatable bonds is 6. The maximum Gasteiger partial charge on any atom is 0.273 e. The Kier molecular flexibility index (Phi) is 5.11. The highest BCUT2D eigenvalue weighted by molar-refractivity contribution is 5.92. The molecule has 2 aromatic heterocycles. The van der Waals surface area contributed by atoms with Crippen molar-refractivity contribution >= 4 is 5.91 Å². The van der Waals surface area contributed by atoms with Gasteiger partial charge in [-0.2, -0.15) is 0 Å². The smallest absolute Gasteiger partial charge is 0.273 e. The van der Waals surface area contributed by atoms with Crippen LogP contribution in [0, 0.1) is 12.8 Å². The fourth-order valence-corrected chi connectivity index (χ4v) is 3.05. The maximum atomic E-state index is 12.1. The summed E-state index contributed by atoms with van der Waals surface area (Å²) in [6, 6.07) is 0.934. The van der Waals surface area contributed by atoms with Gasteiger partial charge in [0.05, 0.1) is 24.9 Å². The summed E-state index contributed by atoms with van der Waals surface area (Å²) in [5, 5.41) is 34.8. The SMILES string of the molecule is COCc1cn(CC2CC(NC(=O)c3cc(C)on3)C(O)C2O)nn1. The zero-order valence-corrected chi connectivity index (χ0v) is 14.0. The van der Waals surface area contributed by atoms with E-state index in [-0.39, 0.29) is 11.6 Å². The van der Waals surface area contributed by atoms with Crippen molar-refractivity contribution in [2.45, 2.75) is 44.7 Å². The lowest BCUT2D eigenvalue weighted by atomic mass is 10.1. The third-order valence-electron chi connectivity index (χ3n) is 4.28. The van der Waals surface area contributed by atoms with Crippen LogP contribution in [0.2, 0.25) is 0 Å². The molecule has 4 atom stereocenters. The number of hydrogen-bond acceptors (Lipinski definition) is 8. The fourth-order valence-electron chi connectivity index (χ4n) is 3.05. The predicted octanol–water partition coefficient (Wildman–Crippen LogP) is -0.739. The van der Waals surface area contributed by atoms with E-state index in [1.54, 1.807) is 24.9 Å². The van der Waals surface area contributed by atoms with Crippen LogP contribution >= 0.6 is 0 Å². The van der Waals surface area contributed by atoms with E-state index in [9.17, 15) is 15.0 Å². The summed E-state index contributed by atoms with van der Waals surface area (Å²) in [7, 11) is 1.57. The monoisotopic (exact) mass is 351 g/mol. The molecule has 25 heavy (non-hydrogen) atoms. The van der Waals surface area contributed by atoms with Crippen molar-refractivity contribution in [2.24, 2.45) is 5.92 Å². The zero-order chi connectivity index (χ0) is 18.0. The number of aryl methyl sites for hydroxylation is 1. The Morgan fingerprint density at radius 2 is 2.28 bits per heavy atom. The third kappa shape index (κ3) is 3.86. The number of nitrogens with zero attached hydrogens (tertiary/aromatic N) is 4. The van der Waals surface area contributed by atoms with E-state index in [1.807, 2.05) is 0 Å². The van der Waals surface area contributed by atoms with Gasteiger partial charge in [0.1, 0.15) is 17.6 Å². The first-order chi connectivity index (χ1) is 12.0. The van der Waals surface area contributed by atoms with Gasteiger partial charge in [0.25, 0.3) is 5.91 Å². The van der Waals surface area contributed by atoms with Crippen LogP contribution in [-0.4, -0.2) is 61.6 Å². The number of methoxy groups -OCH3 is 1. The molecule has 1 aliphatic rings. The number of aliphatic hydroxyl groups is 2. The van der Waals surface area contributed by atoms with Gasteiger partial charge < -0.3 is 24.8 Å². The summed E-state index contributed by atoms with van der Waals surface area (Å²) in [5.74, 6) is -0.193. The normalized spacial score (nSPS) is 26.1. The van der Waals surface area contributed by atoms with E-state index >= 15 is 0 Å². The van der Waals surface area contributed by atoms with E-state index < -0.39 is 24.2 Å². The van der Waals surface area contributed by atoms with Gasteiger partial charge in [0.2, 0.25) is 0 Å². The second kappa shape index (κ2) is 7.30. The minimum absolute atomic E-state index is 0.142. The minimum Gasteiger partial charge on any atom is -0.390 e. The van der Waals surface area contributed by atoms with Crippen LogP contribution in [0.3, 0.4) is 0 Å². The van der Waals surface area contributed by atoms with Crippen LogP contribution in [0.4, 0.5) is 0 Å². The van der Waals surface area contributed by atoms with E-state index in [0.29, 0.717) is 31.0 Å². The summed E-state index contributed by atoms with van der Waals surface area (Å²) in [5.41, 5.74) is 0.824. The molecule has 0 spiro atoms. The highest BCUT2D eigenvalue weighted by atomic mass is 16.5. The molecule has 0 aliphatic heterocycles. The van der Waals surface area contributed by atoms with Crippen molar-refractivity contribution in [3.8, 4) is 0 Å². The van der Waals surface area contributed by atoms with Gasteiger partial charge in [0.15, 0.2) is 5.69 Å². The molecular formula is C15H21N5O5. The molecular weight excluding hydrogens is 330 g/mol. The molecule has 0 saturated heterocycles. The molecule has 0 aromatic carbocycles. The second-order valence-corrected chi connectivity index (χ2v) is 6.24. The van der Waals surface area contributed by atoms with E-state index in [1.165, 1.54) is 6.07 Å². The maximum absolute atomic E-state index is 12.1. The Morgan fingerprint density at radius 3 is 2.96 bits per heavy atom. The number of carbonyl (C=O) groups is 1. The fraction of sp³-hybridized carbons (Fsp3) is 0.600. The van der Waals surface area contributed by atoms with E-state index in [4.69, 9.17) is 9.26 Å². The lowest BCUT2D eigenvalue weighted by Gasteiger charge is -2.17. The van der Waals surface area contributed by atoms with E-state index in [2.05, 4.69) is 20.8 Å². The van der Waals surface area contributed by atoms with Gasteiger partial charge in [-0.15, -0.1) is 5.10 Å². The van der Waals surface area contributed by atoms with Gasteiger partial charge in [0, 0.05) is 25.6 Å². The molecule has 136 valence electrons. The number of hydrogen-bond donors (Lipinski definition) is 3. The van der Waals surface area contributed by atoms with Crippen LogP contribution in [0.15, 0.2) is 16.8 Å². The standard InChI is InChI=1S/C15H21N5O5/c1-8-3-12(18-25-8)15(23)16-11-4-9(13(21)14(11)22)5-20-6-10(7-24-2)17-19-20/h3,6,9,11,13-14,21-22H,4-5,7H2,1-2H3,(H,16,23). The molecule has 10 heteroatoms. The zero-order valence-electron chi connectivity index (χ0n) is 14.0. The Hall–Kier alpha value is -2.30. The first-order valence-electron chi connectivity index (χ1n) is 7.96. The van der Waals surface area contributed by atoms with Crippen LogP contribution in [0.1, 0.15) is 28.4 Å². The quantitative estimate of drug-likeness (QED) is 0.619. The lowest BCUT2D eigenvalue weighted by molar-refractivity contribution is 0.00757. The number of aliphatic hydroxyl groups excluding tert-OH is 2. The lowest BCUT2D eigenvalue weighted by Crippen LogP contribution is -2.43. The van der Waals surface area contributed by atoms with Crippen molar-refractivity contribution in [1.82, 2.24) is 25.5 Å². The number of amides is 1. The van der Waals surface area contributed by atoms with Gasteiger partial charge in [-0.05, 0) is 13.3 Å². The summed E-state index contributed by atoms with van der Waals surface area (Å²) in [4.78, 5) is 12.1. The Labute approximate surface area is 143 Å². The number of aromatic nitrogens is 4. The number of carbonyl (C=O) groups excluding carboxylic acids is 1.